The minimum Gasteiger partial charge on any atom is -0.336 e. The molecule has 0 N–H and O–H groups in total. The lowest BCUT2D eigenvalue weighted by Crippen LogP contribution is -2.49. The molecule has 42 heavy (non-hydrogen) atoms. The molecule has 0 aliphatic carbocycles. The molecular weight excluding hydrogens is 582 g/mol. The number of benzene rings is 4. The fourth-order valence-corrected chi connectivity index (χ4v) is 6.35. The highest BCUT2D eigenvalue weighted by Crippen LogP contribution is 2.32. The van der Waals surface area contributed by atoms with Crippen molar-refractivity contribution in [3.05, 3.63) is 136 Å². The van der Waals surface area contributed by atoms with Crippen LogP contribution in [0.5, 0.6) is 0 Å². The smallest absolute Gasteiger partial charge is 0.254 e. The average Bonchev–Trinajstić information content (AvgIpc) is 3.05. The predicted octanol–water partition coefficient (Wildman–Crippen LogP) is 8.55. The lowest BCUT2D eigenvalue weighted by molar-refractivity contribution is 0.0599. The summed E-state index contributed by atoms with van der Waals surface area (Å²) in [4.78, 5) is 23.6. The van der Waals surface area contributed by atoms with Crippen LogP contribution >= 0.6 is 15.9 Å². The Hall–Kier alpha value is -3.80. The summed E-state index contributed by atoms with van der Waals surface area (Å²) >= 11 is 3.61. The van der Waals surface area contributed by atoms with Crippen molar-refractivity contribution in [1.29, 1.82) is 0 Å². The number of pyridine rings is 1. The first-order chi connectivity index (χ1) is 20.6. The fraction of sp³-hybridized carbons (Fsp3) is 0.243. The molecule has 5 aromatic rings. The maximum Gasteiger partial charge on any atom is 0.254 e. The van der Waals surface area contributed by atoms with Crippen LogP contribution in [0.2, 0.25) is 0 Å². The predicted molar refractivity (Wildman–Crippen MR) is 176 cm³/mol. The van der Waals surface area contributed by atoms with E-state index in [-0.39, 0.29) is 11.9 Å². The van der Waals surface area contributed by atoms with E-state index in [0.717, 1.165) is 46.1 Å². The molecule has 0 bridgehead atoms. The number of carbonyl (C=O) groups excluding carboxylic acids is 1. The van der Waals surface area contributed by atoms with Crippen LogP contribution in [-0.4, -0.2) is 46.9 Å². The van der Waals surface area contributed by atoms with Gasteiger partial charge in [-0.15, -0.1) is 0 Å². The molecule has 1 saturated heterocycles. The summed E-state index contributed by atoms with van der Waals surface area (Å²) in [5.74, 6) is 0.0666. The minimum absolute atomic E-state index is 0.0666. The standard InChI is InChI=1S/C37H36BrN3O/c1-2-3-10-27-15-17-28(18-16-27)35-26-33(32-25-31(38)19-20-34(32)39-35)37(42)41-23-21-40(22-24-41)36(29-11-6-4-7-12-29)30-13-8-5-9-14-30/h4-9,11-20,25-26,36H,2-3,10,21-24H2,1H3. The molecule has 1 fully saturated rings. The number of rotatable bonds is 8. The summed E-state index contributed by atoms with van der Waals surface area (Å²) in [5, 5.41) is 0.881. The quantitative estimate of drug-likeness (QED) is 0.175. The number of aromatic nitrogens is 1. The van der Waals surface area contributed by atoms with Gasteiger partial charge in [-0.1, -0.05) is 114 Å². The van der Waals surface area contributed by atoms with Crippen molar-refractivity contribution < 1.29 is 4.79 Å². The Morgan fingerprint density at radius 2 is 1.45 bits per heavy atom. The number of aryl methyl sites for hydroxylation is 1. The highest BCUT2D eigenvalue weighted by molar-refractivity contribution is 9.10. The van der Waals surface area contributed by atoms with Gasteiger partial charge in [0, 0.05) is 41.6 Å². The lowest BCUT2D eigenvalue weighted by Gasteiger charge is -2.40. The van der Waals surface area contributed by atoms with Crippen LogP contribution in [0.4, 0.5) is 0 Å². The zero-order valence-electron chi connectivity index (χ0n) is 24.0. The zero-order valence-corrected chi connectivity index (χ0v) is 25.6. The molecule has 0 radical (unpaired) electrons. The second kappa shape index (κ2) is 13.0. The molecule has 6 rings (SSSR count). The van der Waals surface area contributed by atoms with Gasteiger partial charge in [0.15, 0.2) is 0 Å². The van der Waals surface area contributed by atoms with Crippen molar-refractivity contribution >= 4 is 32.7 Å². The summed E-state index contributed by atoms with van der Waals surface area (Å²) in [6, 6.07) is 38.2. The van der Waals surface area contributed by atoms with Crippen LogP contribution in [0.1, 0.15) is 52.9 Å². The molecular formula is C37H36BrN3O. The number of unbranched alkanes of at least 4 members (excludes halogenated alkanes) is 1. The summed E-state index contributed by atoms with van der Waals surface area (Å²) < 4.78 is 0.942. The summed E-state index contributed by atoms with van der Waals surface area (Å²) in [5.41, 5.74) is 7.31. The molecule has 4 nitrogen and oxygen atoms in total. The Morgan fingerprint density at radius 3 is 2.07 bits per heavy atom. The van der Waals surface area contributed by atoms with E-state index in [1.165, 1.54) is 29.5 Å². The van der Waals surface area contributed by atoms with Crippen molar-refractivity contribution in [2.45, 2.75) is 32.2 Å². The first-order valence-corrected chi connectivity index (χ1v) is 15.7. The monoisotopic (exact) mass is 617 g/mol. The van der Waals surface area contributed by atoms with E-state index >= 15 is 0 Å². The lowest BCUT2D eigenvalue weighted by atomic mass is 9.96. The van der Waals surface area contributed by atoms with E-state index < -0.39 is 0 Å². The number of hydrogen-bond donors (Lipinski definition) is 0. The highest BCUT2D eigenvalue weighted by Gasteiger charge is 2.29. The number of piperazine rings is 1. The van der Waals surface area contributed by atoms with Crippen LogP contribution in [0.15, 0.2) is 114 Å². The van der Waals surface area contributed by atoms with Crippen LogP contribution < -0.4 is 0 Å². The Bertz CT molecular complexity index is 1610. The third kappa shape index (κ3) is 6.18. The van der Waals surface area contributed by atoms with Crippen molar-refractivity contribution in [3.8, 4) is 11.3 Å². The van der Waals surface area contributed by atoms with E-state index in [1.54, 1.807) is 0 Å². The molecule has 1 aliphatic heterocycles. The van der Waals surface area contributed by atoms with E-state index in [9.17, 15) is 4.79 Å². The SMILES string of the molecule is CCCCc1ccc(-c2cc(C(=O)N3CCN(C(c4ccccc4)c4ccccc4)CC3)c3cc(Br)ccc3n2)cc1. The van der Waals surface area contributed by atoms with E-state index in [2.05, 4.69) is 113 Å². The van der Waals surface area contributed by atoms with E-state index in [0.29, 0.717) is 18.7 Å². The Balaban J connectivity index is 1.27. The van der Waals surface area contributed by atoms with Gasteiger partial charge in [0.2, 0.25) is 0 Å². The average molecular weight is 619 g/mol. The third-order valence-corrected chi connectivity index (χ3v) is 8.76. The second-order valence-electron chi connectivity index (χ2n) is 11.1. The Kier molecular flexibility index (Phi) is 8.78. The number of halogens is 1. The minimum atomic E-state index is 0.0666. The summed E-state index contributed by atoms with van der Waals surface area (Å²) in [7, 11) is 0. The zero-order chi connectivity index (χ0) is 28.9. The normalized spacial score (nSPS) is 14.0. The molecule has 5 heteroatoms. The molecule has 0 atom stereocenters. The van der Waals surface area contributed by atoms with Gasteiger partial charge >= 0.3 is 0 Å². The molecule has 1 aliphatic rings. The molecule has 2 heterocycles. The molecule has 0 unspecified atom stereocenters. The number of fused-ring (bicyclic) bond motifs is 1. The van der Waals surface area contributed by atoms with Crippen LogP contribution in [0.3, 0.4) is 0 Å². The van der Waals surface area contributed by atoms with Gasteiger partial charge in [-0.25, -0.2) is 4.98 Å². The summed E-state index contributed by atoms with van der Waals surface area (Å²) in [6.45, 7) is 5.18. The largest absolute Gasteiger partial charge is 0.336 e. The van der Waals surface area contributed by atoms with E-state index in [4.69, 9.17) is 4.98 Å². The maximum absolute atomic E-state index is 14.2. The fourth-order valence-electron chi connectivity index (χ4n) is 5.98. The molecule has 1 aromatic heterocycles. The van der Waals surface area contributed by atoms with Crippen LogP contribution in [-0.2, 0) is 6.42 Å². The number of hydrogen-bond acceptors (Lipinski definition) is 3. The first-order valence-electron chi connectivity index (χ1n) is 14.9. The number of amides is 1. The van der Waals surface area contributed by atoms with Gasteiger partial charge in [-0.3, -0.25) is 9.69 Å². The molecule has 4 aromatic carbocycles. The van der Waals surface area contributed by atoms with Gasteiger partial charge in [0.25, 0.3) is 5.91 Å². The third-order valence-electron chi connectivity index (χ3n) is 8.27. The van der Waals surface area contributed by atoms with Crippen LogP contribution in [0, 0.1) is 0 Å². The first kappa shape index (κ1) is 28.3. The number of nitrogens with zero attached hydrogens (tertiary/aromatic N) is 3. The molecule has 0 spiro atoms. The highest BCUT2D eigenvalue weighted by atomic mass is 79.9. The van der Waals surface area contributed by atoms with Gasteiger partial charge < -0.3 is 4.90 Å². The van der Waals surface area contributed by atoms with Gasteiger partial charge in [-0.2, -0.15) is 0 Å². The number of carbonyl (C=O) groups is 1. The van der Waals surface area contributed by atoms with Crippen molar-refractivity contribution in [2.24, 2.45) is 0 Å². The van der Waals surface area contributed by atoms with Gasteiger partial charge in [0.05, 0.1) is 22.8 Å². The van der Waals surface area contributed by atoms with Gasteiger partial charge in [-0.05, 0) is 53.8 Å². The van der Waals surface area contributed by atoms with E-state index in [1.807, 2.05) is 29.2 Å². The molecule has 1 amide bonds. The molecule has 212 valence electrons. The van der Waals surface area contributed by atoms with Crippen molar-refractivity contribution in [3.63, 3.8) is 0 Å². The van der Waals surface area contributed by atoms with Crippen molar-refractivity contribution in [2.75, 3.05) is 26.2 Å². The topological polar surface area (TPSA) is 36.4 Å². The van der Waals surface area contributed by atoms with Gasteiger partial charge in [0.1, 0.15) is 0 Å². The Labute approximate surface area is 257 Å². The Morgan fingerprint density at radius 1 is 0.810 bits per heavy atom. The summed E-state index contributed by atoms with van der Waals surface area (Å²) in [6.07, 6.45) is 3.45. The van der Waals surface area contributed by atoms with Crippen molar-refractivity contribution in [1.82, 2.24) is 14.8 Å². The van der Waals surface area contributed by atoms with Crippen LogP contribution in [0.25, 0.3) is 22.2 Å². The second-order valence-corrected chi connectivity index (χ2v) is 12.0. The molecule has 0 saturated carbocycles. The maximum atomic E-state index is 14.2.